The van der Waals surface area contributed by atoms with Gasteiger partial charge in [0, 0.05) is 43.1 Å². The summed E-state index contributed by atoms with van der Waals surface area (Å²) >= 11 is 0. The van der Waals surface area contributed by atoms with E-state index in [1.165, 1.54) is 50.0 Å². The normalized spacial score (nSPS) is 20.3. The van der Waals surface area contributed by atoms with Crippen molar-refractivity contribution in [2.24, 2.45) is 5.92 Å². The molecule has 2 aromatic rings. The minimum absolute atomic E-state index is 0.0490. The van der Waals surface area contributed by atoms with Crippen LogP contribution in [-0.2, 0) is 6.54 Å². The topological polar surface area (TPSA) is 35.6 Å². The Morgan fingerprint density at radius 2 is 1.68 bits per heavy atom. The smallest absolute Gasteiger partial charge is 0.255 e. The third-order valence-corrected chi connectivity index (χ3v) is 5.96. The number of piperidine rings is 1. The molecule has 0 bridgehead atoms. The highest BCUT2D eigenvalue weighted by molar-refractivity contribution is 6.04. The number of anilines is 2. The SMILES string of the molecule is CC1CCCN(Cc2ccc(C(=O)Nc3ccc(N4CCCC4)cc3)cc2)C1. The van der Waals surface area contributed by atoms with Gasteiger partial charge in [-0.2, -0.15) is 0 Å². The molecule has 0 aromatic heterocycles. The van der Waals surface area contributed by atoms with E-state index in [0.29, 0.717) is 5.56 Å². The van der Waals surface area contributed by atoms with Gasteiger partial charge in [-0.05, 0) is 80.1 Å². The molecule has 1 atom stereocenters. The lowest BCUT2D eigenvalue weighted by Gasteiger charge is -2.30. The average molecular weight is 378 g/mol. The van der Waals surface area contributed by atoms with E-state index in [1.54, 1.807) is 0 Å². The van der Waals surface area contributed by atoms with E-state index in [0.717, 1.165) is 31.2 Å². The van der Waals surface area contributed by atoms with Crippen molar-refractivity contribution in [2.45, 2.75) is 39.2 Å². The second-order valence-electron chi connectivity index (χ2n) is 8.37. The molecule has 0 spiro atoms. The number of nitrogens with zero attached hydrogens (tertiary/aromatic N) is 2. The summed E-state index contributed by atoms with van der Waals surface area (Å²) in [6, 6.07) is 16.3. The number of hydrogen-bond donors (Lipinski definition) is 1. The number of benzene rings is 2. The maximum Gasteiger partial charge on any atom is 0.255 e. The molecule has 2 aliphatic heterocycles. The predicted molar refractivity (Wildman–Crippen MR) is 116 cm³/mol. The molecule has 148 valence electrons. The van der Waals surface area contributed by atoms with Crippen molar-refractivity contribution < 1.29 is 4.79 Å². The second-order valence-corrected chi connectivity index (χ2v) is 8.37. The summed E-state index contributed by atoms with van der Waals surface area (Å²) in [5.41, 5.74) is 4.08. The molecule has 1 N–H and O–H groups in total. The molecule has 2 aliphatic rings. The van der Waals surface area contributed by atoms with Crippen LogP contribution in [0.5, 0.6) is 0 Å². The van der Waals surface area contributed by atoms with Crippen LogP contribution in [0.25, 0.3) is 0 Å². The van der Waals surface area contributed by atoms with Gasteiger partial charge in [0.25, 0.3) is 5.91 Å². The van der Waals surface area contributed by atoms with Gasteiger partial charge in [-0.25, -0.2) is 0 Å². The van der Waals surface area contributed by atoms with Crippen LogP contribution >= 0.6 is 0 Å². The van der Waals surface area contributed by atoms with Gasteiger partial charge in [0.2, 0.25) is 0 Å². The van der Waals surface area contributed by atoms with Crippen LogP contribution in [0.15, 0.2) is 48.5 Å². The van der Waals surface area contributed by atoms with Gasteiger partial charge >= 0.3 is 0 Å². The molecule has 1 amide bonds. The lowest BCUT2D eigenvalue weighted by molar-refractivity contribution is 0.102. The second kappa shape index (κ2) is 8.78. The van der Waals surface area contributed by atoms with E-state index in [2.05, 4.69) is 46.3 Å². The Morgan fingerprint density at radius 3 is 2.36 bits per heavy atom. The molecule has 1 unspecified atom stereocenters. The fraction of sp³-hybridized carbons (Fsp3) is 0.458. The molecular weight excluding hydrogens is 346 g/mol. The summed E-state index contributed by atoms with van der Waals surface area (Å²) < 4.78 is 0. The number of hydrogen-bond acceptors (Lipinski definition) is 3. The van der Waals surface area contributed by atoms with Crippen molar-refractivity contribution >= 4 is 17.3 Å². The van der Waals surface area contributed by atoms with E-state index in [9.17, 15) is 4.79 Å². The molecule has 4 heteroatoms. The van der Waals surface area contributed by atoms with E-state index < -0.39 is 0 Å². The van der Waals surface area contributed by atoms with Crippen LogP contribution in [0, 0.1) is 5.92 Å². The fourth-order valence-electron chi connectivity index (χ4n) is 4.38. The number of nitrogens with one attached hydrogen (secondary N) is 1. The maximum atomic E-state index is 12.6. The minimum atomic E-state index is -0.0490. The molecule has 2 heterocycles. The Kier molecular flexibility index (Phi) is 5.96. The van der Waals surface area contributed by atoms with Crippen molar-refractivity contribution in [3.05, 3.63) is 59.7 Å². The van der Waals surface area contributed by atoms with E-state index in [1.807, 2.05) is 24.3 Å². The molecule has 2 aromatic carbocycles. The third kappa shape index (κ3) is 4.74. The van der Waals surface area contributed by atoms with Crippen molar-refractivity contribution in [1.82, 2.24) is 4.90 Å². The van der Waals surface area contributed by atoms with Crippen LogP contribution in [0.1, 0.15) is 48.5 Å². The van der Waals surface area contributed by atoms with Crippen molar-refractivity contribution in [1.29, 1.82) is 0 Å². The minimum Gasteiger partial charge on any atom is -0.372 e. The molecule has 2 saturated heterocycles. The summed E-state index contributed by atoms with van der Waals surface area (Å²) in [5.74, 6) is 0.739. The Bertz CT molecular complexity index is 779. The highest BCUT2D eigenvalue weighted by Crippen LogP contribution is 2.22. The number of likely N-dealkylation sites (tertiary alicyclic amines) is 1. The molecule has 0 saturated carbocycles. The lowest BCUT2D eigenvalue weighted by Crippen LogP contribution is -2.33. The molecular formula is C24H31N3O. The zero-order valence-electron chi connectivity index (χ0n) is 16.9. The molecule has 2 fully saturated rings. The standard InChI is InChI=1S/C24H31N3O/c1-19-5-4-14-26(17-19)18-20-6-8-21(9-7-20)24(28)25-22-10-12-23(13-11-22)27-15-2-3-16-27/h6-13,19H,2-5,14-18H2,1H3,(H,25,28). The van der Waals surface area contributed by atoms with Gasteiger partial charge in [0.05, 0.1) is 0 Å². The van der Waals surface area contributed by atoms with E-state index >= 15 is 0 Å². The predicted octanol–water partition coefficient (Wildman–Crippen LogP) is 4.77. The first kappa shape index (κ1) is 19.0. The summed E-state index contributed by atoms with van der Waals surface area (Å²) in [7, 11) is 0. The Labute approximate surface area is 168 Å². The van der Waals surface area contributed by atoms with E-state index in [4.69, 9.17) is 0 Å². The largest absolute Gasteiger partial charge is 0.372 e. The zero-order valence-corrected chi connectivity index (χ0v) is 16.9. The molecule has 28 heavy (non-hydrogen) atoms. The molecule has 4 nitrogen and oxygen atoms in total. The van der Waals surface area contributed by atoms with Gasteiger partial charge in [0.1, 0.15) is 0 Å². The number of amides is 1. The lowest BCUT2D eigenvalue weighted by atomic mass is 9.99. The molecule has 4 rings (SSSR count). The van der Waals surface area contributed by atoms with Crippen molar-refractivity contribution in [3.63, 3.8) is 0 Å². The number of rotatable bonds is 5. The van der Waals surface area contributed by atoms with Crippen molar-refractivity contribution in [3.8, 4) is 0 Å². The van der Waals surface area contributed by atoms with Gasteiger partial charge in [-0.1, -0.05) is 19.1 Å². The van der Waals surface area contributed by atoms with Crippen molar-refractivity contribution in [2.75, 3.05) is 36.4 Å². The van der Waals surface area contributed by atoms with Gasteiger partial charge in [0.15, 0.2) is 0 Å². The van der Waals surface area contributed by atoms with Crippen LogP contribution in [0.4, 0.5) is 11.4 Å². The Hall–Kier alpha value is -2.33. The highest BCUT2D eigenvalue weighted by atomic mass is 16.1. The summed E-state index contributed by atoms with van der Waals surface area (Å²) in [4.78, 5) is 17.5. The van der Waals surface area contributed by atoms with E-state index in [-0.39, 0.29) is 5.91 Å². The van der Waals surface area contributed by atoms with Gasteiger partial charge < -0.3 is 10.2 Å². The first-order valence-electron chi connectivity index (χ1n) is 10.6. The van der Waals surface area contributed by atoms with Gasteiger partial charge in [-0.3, -0.25) is 9.69 Å². The van der Waals surface area contributed by atoms with Crippen LogP contribution in [0.3, 0.4) is 0 Å². The average Bonchev–Trinajstić information content (AvgIpc) is 3.24. The quantitative estimate of drug-likeness (QED) is 0.815. The summed E-state index contributed by atoms with van der Waals surface area (Å²) in [6.45, 7) is 7.93. The first-order chi connectivity index (χ1) is 13.7. The monoisotopic (exact) mass is 377 g/mol. The van der Waals surface area contributed by atoms with Crippen LogP contribution in [0.2, 0.25) is 0 Å². The summed E-state index contributed by atoms with van der Waals surface area (Å²) in [5, 5.41) is 3.01. The van der Waals surface area contributed by atoms with Crippen LogP contribution < -0.4 is 10.2 Å². The third-order valence-electron chi connectivity index (χ3n) is 5.96. The summed E-state index contributed by atoms with van der Waals surface area (Å²) in [6.07, 6.45) is 5.17. The maximum absolute atomic E-state index is 12.6. The van der Waals surface area contributed by atoms with Crippen LogP contribution in [-0.4, -0.2) is 37.0 Å². The Morgan fingerprint density at radius 1 is 0.964 bits per heavy atom. The first-order valence-corrected chi connectivity index (χ1v) is 10.6. The number of carbonyl (C=O) groups excluding carboxylic acids is 1. The van der Waals surface area contributed by atoms with Gasteiger partial charge in [-0.15, -0.1) is 0 Å². The fourth-order valence-corrected chi connectivity index (χ4v) is 4.38. The molecule has 0 radical (unpaired) electrons. The number of carbonyl (C=O) groups is 1. The molecule has 0 aliphatic carbocycles. The zero-order chi connectivity index (χ0) is 19.3. The highest BCUT2D eigenvalue weighted by Gasteiger charge is 2.16. The Balaban J connectivity index is 1.33.